The van der Waals surface area contributed by atoms with Gasteiger partial charge in [-0.3, -0.25) is 4.79 Å². The molecule has 1 aromatic heterocycles. The first-order valence-electron chi connectivity index (χ1n) is 11.9. The van der Waals surface area contributed by atoms with Crippen molar-refractivity contribution < 1.29 is 9.18 Å². The summed E-state index contributed by atoms with van der Waals surface area (Å²) in [5.41, 5.74) is 3.58. The number of carbonyl (C=O) groups excluding carboxylic acids is 1. The maximum atomic E-state index is 13.9. The van der Waals surface area contributed by atoms with E-state index in [1.807, 2.05) is 18.2 Å². The molecule has 188 valence electrons. The second-order valence-electron chi connectivity index (χ2n) is 8.77. The van der Waals surface area contributed by atoms with E-state index in [0.29, 0.717) is 21.5 Å². The Hall–Kier alpha value is -2.89. The minimum Gasteiger partial charge on any atom is -0.340 e. The molecule has 2 aromatic carbocycles. The van der Waals surface area contributed by atoms with Crippen molar-refractivity contribution in [2.24, 2.45) is 0 Å². The van der Waals surface area contributed by atoms with Crippen LogP contribution in [0.15, 0.2) is 55.4 Å². The highest BCUT2D eigenvalue weighted by molar-refractivity contribution is 14.1. The first-order valence-corrected chi connectivity index (χ1v) is 13.4. The van der Waals surface area contributed by atoms with Gasteiger partial charge in [0, 0.05) is 53.9 Å². The summed E-state index contributed by atoms with van der Waals surface area (Å²) in [4.78, 5) is 25.8. The van der Waals surface area contributed by atoms with Crippen molar-refractivity contribution in [3.05, 3.63) is 72.3 Å². The van der Waals surface area contributed by atoms with Crippen LogP contribution in [0.2, 0.25) is 0 Å². The van der Waals surface area contributed by atoms with Crippen LogP contribution < -0.4 is 10.6 Å². The van der Waals surface area contributed by atoms with Crippen LogP contribution in [0.4, 0.5) is 21.6 Å². The van der Waals surface area contributed by atoms with E-state index in [4.69, 9.17) is 0 Å². The zero-order valence-electron chi connectivity index (χ0n) is 20.3. The minimum absolute atomic E-state index is 0.235. The standard InChI is InChI=1S/C27H30FIN6O/c1-3-26(36)33-24-16-22-25(15-19(24)6-4-5-9-35-12-10-34(2)11-13-35)30-18-31-27(22)32-21-7-8-23(28)20(14-21)17-29/h3-4,6-8,14-16,18H,1,5,9-13,17H2,2H3,(H,33,36)(H,30,31,32)/b6-4+. The summed E-state index contributed by atoms with van der Waals surface area (Å²) in [5, 5.41) is 6.92. The number of carbonyl (C=O) groups is 1. The number of halogens is 2. The summed E-state index contributed by atoms with van der Waals surface area (Å²) >= 11 is 2.14. The fourth-order valence-corrected chi connectivity index (χ4v) is 4.66. The van der Waals surface area contributed by atoms with Gasteiger partial charge in [-0.25, -0.2) is 14.4 Å². The third kappa shape index (κ3) is 6.65. The number of hydrogen-bond acceptors (Lipinski definition) is 6. The highest BCUT2D eigenvalue weighted by Crippen LogP contribution is 2.30. The van der Waals surface area contributed by atoms with E-state index in [0.717, 1.165) is 61.3 Å². The number of benzene rings is 2. The Morgan fingerprint density at radius 1 is 1.19 bits per heavy atom. The van der Waals surface area contributed by atoms with Gasteiger partial charge in [-0.1, -0.05) is 41.3 Å². The third-order valence-electron chi connectivity index (χ3n) is 6.21. The van der Waals surface area contributed by atoms with E-state index in [9.17, 15) is 9.18 Å². The number of alkyl halides is 1. The zero-order valence-corrected chi connectivity index (χ0v) is 22.5. The summed E-state index contributed by atoms with van der Waals surface area (Å²) < 4.78 is 14.5. The van der Waals surface area contributed by atoms with Gasteiger partial charge in [-0.15, -0.1) is 0 Å². The van der Waals surface area contributed by atoms with E-state index in [2.05, 4.69) is 72.7 Å². The van der Waals surface area contributed by atoms with Crippen LogP contribution in [0, 0.1) is 5.82 Å². The van der Waals surface area contributed by atoms with Gasteiger partial charge in [-0.05, 0) is 61.0 Å². The fraction of sp³-hybridized carbons (Fsp3) is 0.296. The smallest absolute Gasteiger partial charge is 0.247 e. The number of fused-ring (bicyclic) bond motifs is 1. The van der Waals surface area contributed by atoms with E-state index < -0.39 is 0 Å². The molecule has 9 heteroatoms. The van der Waals surface area contributed by atoms with E-state index in [1.54, 1.807) is 12.1 Å². The normalized spacial score (nSPS) is 14.9. The summed E-state index contributed by atoms with van der Waals surface area (Å²) in [5.74, 6) is 0.0460. The second kappa shape index (κ2) is 12.4. The van der Waals surface area contributed by atoms with Crippen molar-refractivity contribution in [1.29, 1.82) is 0 Å². The molecule has 2 heterocycles. The SMILES string of the molecule is C=CC(=O)Nc1cc2c(Nc3ccc(F)c(CI)c3)ncnc2cc1/C=C/CCN1CCN(C)CC1. The molecule has 0 aliphatic carbocycles. The van der Waals surface area contributed by atoms with Crippen LogP contribution >= 0.6 is 22.6 Å². The van der Waals surface area contributed by atoms with Crippen LogP contribution in [0.3, 0.4) is 0 Å². The van der Waals surface area contributed by atoms with Gasteiger partial charge in [0.05, 0.1) is 5.52 Å². The molecule has 0 bridgehead atoms. The Kier molecular flexibility index (Phi) is 9.00. The number of amides is 1. The monoisotopic (exact) mass is 600 g/mol. The molecule has 0 unspecified atom stereocenters. The summed E-state index contributed by atoms with van der Waals surface area (Å²) in [7, 11) is 2.16. The Morgan fingerprint density at radius 3 is 2.75 bits per heavy atom. The molecular formula is C27H30FIN6O. The molecule has 1 aliphatic rings. The highest BCUT2D eigenvalue weighted by atomic mass is 127. The quantitative estimate of drug-likeness (QED) is 0.199. The fourth-order valence-electron chi connectivity index (χ4n) is 4.08. The molecule has 0 saturated carbocycles. The van der Waals surface area contributed by atoms with Crippen molar-refractivity contribution >= 4 is 62.7 Å². The number of piperazine rings is 1. The van der Waals surface area contributed by atoms with Gasteiger partial charge in [0.2, 0.25) is 5.91 Å². The first-order chi connectivity index (χ1) is 17.5. The van der Waals surface area contributed by atoms with Gasteiger partial charge in [0.1, 0.15) is 18.0 Å². The first kappa shape index (κ1) is 26.2. The number of aromatic nitrogens is 2. The van der Waals surface area contributed by atoms with Gasteiger partial charge >= 0.3 is 0 Å². The molecule has 1 saturated heterocycles. The Balaban J connectivity index is 1.59. The predicted octanol–water partition coefficient (Wildman–Crippen LogP) is 5.22. The Morgan fingerprint density at radius 2 is 2.00 bits per heavy atom. The Bertz CT molecular complexity index is 1270. The lowest BCUT2D eigenvalue weighted by Crippen LogP contribution is -2.44. The molecule has 4 rings (SSSR count). The van der Waals surface area contributed by atoms with Crippen molar-refractivity contribution in [3.63, 3.8) is 0 Å². The topological polar surface area (TPSA) is 73.4 Å². The van der Waals surface area contributed by atoms with Gasteiger partial charge in [-0.2, -0.15) is 0 Å². The second-order valence-corrected chi connectivity index (χ2v) is 9.54. The molecule has 2 N–H and O–H groups in total. The summed E-state index contributed by atoms with van der Waals surface area (Å²) in [6.07, 6.45) is 7.81. The Labute approximate surface area is 224 Å². The number of likely N-dealkylation sites (N-methyl/N-ethyl adjacent to an activating group) is 1. The number of rotatable bonds is 9. The lowest BCUT2D eigenvalue weighted by Gasteiger charge is -2.32. The zero-order chi connectivity index (χ0) is 25.5. The molecule has 0 atom stereocenters. The van der Waals surface area contributed by atoms with Crippen LogP contribution in [0.1, 0.15) is 17.5 Å². The maximum Gasteiger partial charge on any atom is 0.247 e. The third-order valence-corrected chi connectivity index (χ3v) is 7.03. The predicted molar refractivity (Wildman–Crippen MR) is 153 cm³/mol. The molecule has 1 aliphatic heterocycles. The van der Waals surface area contributed by atoms with E-state index >= 15 is 0 Å². The molecule has 1 amide bonds. The number of nitrogens with zero attached hydrogens (tertiary/aromatic N) is 4. The highest BCUT2D eigenvalue weighted by Gasteiger charge is 2.13. The van der Waals surface area contributed by atoms with E-state index in [-0.39, 0.29) is 11.7 Å². The molecule has 1 fully saturated rings. The summed E-state index contributed by atoms with van der Waals surface area (Å²) in [6, 6.07) is 8.70. The largest absolute Gasteiger partial charge is 0.340 e. The van der Waals surface area contributed by atoms with Crippen LogP contribution in [-0.2, 0) is 9.22 Å². The van der Waals surface area contributed by atoms with Crippen LogP contribution in [-0.4, -0.2) is 65.4 Å². The van der Waals surface area contributed by atoms with Crippen LogP contribution in [0.5, 0.6) is 0 Å². The van der Waals surface area contributed by atoms with Crippen molar-refractivity contribution in [2.45, 2.75) is 10.8 Å². The van der Waals surface area contributed by atoms with Crippen molar-refractivity contribution in [1.82, 2.24) is 19.8 Å². The van der Waals surface area contributed by atoms with Gasteiger partial charge in [0.15, 0.2) is 0 Å². The van der Waals surface area contributed by atoms with E-state index in [1.165, 1.54) is 18.5 Å². The molecular weight excluding hydrogens is 570 g/mol. The van der Waals surface area contributed by atoms with Gasteiger partial charge < -0.3 is 20.4 Å². The van der Waals surface area contributed by atoms with Crippen molar-refractivity contribution in [3.8, 4) is 0 Å². The maximum absolute atomic E-state index is 13.9. The molecule has 3 aromatic rings. The number of nitrogens with one attached hydrogen (secondary N) is 2. The molecule has 0 spiro atoms. The number of hydrogen-bond donors (Lipinski definition) is 2. The average Bonchev–Trinajstić information content (AvgIpc) is 2.89. The lowest BCUT2D eigenvalue weighted by molar-refractivity contribution is -0.111. The average molecular weight is 600 g/mol. The minimum atomic E-state index is -0.294. The molecule has 36 heavy (non-hydrogen) atoms. The lowest BCUT2D eigenvalue weighted by atomic mass is 10.1. The summed E-state index contributed by atoms with van der Waals surface area (Å²) in [6.45, 7) is 8.93. The molecule has 7 nitrogen and oxygen atoms in total. The van der Waals surface area contributed by atoms with Crippen molar-refractivity contribution in [2.75, 3.05) is 50.4 Å². The van der Waals surface area contributed by atoms with Crippen LogP contribution in [0.25, 0.3) is 17.0 Å². The number of anilines is 3. The van der Waals surface area contributed by atoms with Gasteiger partial charge in [0.25, 0.3) is 0 Å². The molecule has 0 radical (unpaired) electrons.